The van der Waals surface area contributed by atoms with Crippen molar-refractivity contribution in [3.63, 3.8) is 0 Å². The Labute approximate surface area is 160 Å². The highest BCUT2D eigenvalue weighted by Gasteiger charge is 2.26. The van der Waals surface area contributed by atoms with Gasteiger partial charge in [0.2, 0.25) is 10.0 Å². The maximum atomic E-state index is 14.2. The molecular formula is C20H25FN2O3S. The highest BCUT2D eigenvalue weighted by molar-refractivity contribution is 7.89. The van der Waals surface area contributed by atoms with E-state index in [1.807, 2.05) is 37.3 Å². The summed E-state index contributed by atoms with van der Waals surface area (Å²) in [6, 6.07) is 13.1. The first-order chi connectivity index (χ1) is 12.8. The van der Waals surface area contributed by atoms with Gasteiger partial charge in [-0.2, -0.15) is 4.31 Å². The monoisotopic (exact) mass is 392 g/mol. The molecule has 0 radical (unpaired) electrons. The molecule has 0 aromatic heterocycles. The topological polar surface area (TPSA) is 66.5 Å². The first kappa shape index (κ1) is 21.1. The maximum Gasteiger partial charge on any atom is 0.251 e. The van der Waals surface area contributed by atoms with Gasteiger partial charge in [-0.3, -0.25) is 4.79 Å². The summed E-state index contributed by atoms with van der Waals surface area (Å²) in [5.74, 6) is -1.21. The summed E-state index contributed by atoms with van der Waals surface area (Å²) in [7, 11) is -3.98. The summed E-state index contributed by atoms with van der Waals surface area (Å²) >= 11 is 0. The Morgan fingerprint density at radius 3 is 2.33 bits per heavy atom. The van der Waals surface area contributed by atoms with Crippen molar-refractivity contribution in [1.82, 2.24) is 9.62 Å². The molecule has 1 amide bonds. The highest BCUT2D eigenvalue weighted by Crippen LogP contribution is 2.21. The SMILES string of the molecule is CCN(CC)S(=O)(=O)c1cc(C(=O)NC[C@H](C)c2ccccc2)ccc1F. The van der Waals surface area contributed by atoms with Crippen molar-refractivity contribution >= 4 is 15.9 Å². The van der Waals surface area contributed by atoms with Crippen molar-refractivity contribution < 1.29 is 17.6 Å². The van der Waals surface area contributed by atoms with E-state index in [9.17, 15) is 17.6 Å². The molecule has 2 rings (SSSR count). The average Bonchev–Trinajstić information content (AvgIpc) is 2.67. The lowest BCUT2D eigenvalue weighted by atomic mass is 10.0. The van der Waals surface area contributed by atoms with Gasteiger partial charge in [0.1, 0.15) is 10.7 Å². The molecule has 0 fully saturated rings. The molecule has 2 aromatic rings. The van der Waals surface area contributed by atoms with E-state index in [4.69, 9.17) is 0 Å². The zero-order chi connectivity index (χ0) is 20.0. The van der Waals surface area contributed by atoms with Gasteiger partial charge in [0, 0.05) is 25.2 Å². The minimum absolute atomic E-state index is 0.0921. The number of benzene rings is 2. The van der Waals surface area contributed by atoms with Gasteiger partial charge in [-0.15, -0.1) is 0 Å². The Morgan fingerprint density at radius 2 is 1.74 bits per heavy atom. The fourth-order valence-corrected chi connectivity index (χ4v) is 4.34. The van der Waals surface area contributed by atoms with Crippen LogP contribution in [0, 0.1) is 5.82 Å². The van der Waals surface area contributed by atoms with Gasteiger partial charge in [0.25, 0.3) is 5.91 Å². The fourth-order valence-electron chi connectivity index (χ4n) is 2.79. The van der Waals surface area contributed by atoms with Crippen LogP contribution in [0.1, 0.15) is 42.6 Å². The van der Waals surface area contributed by atoms with Crippen molar-refractivity contribution in [2.45, 2.75) is 31.6 Å². The molecule has 0 bridgehead atoms. The highest BCUT2D eigenvalue weighted by atomic mass is 32.2. The van der Waals surface area contributed by atoms with Crippen LogP contribution >= 0.6 is 0 Å². The molecule has 0 heterocycles. The number of hydrogen-bond donors (Lipinski definition) is 1. The summed E-state index contributed by atoms with van der Waals surface area (Å²) in [5.41, 5.74) is 1.20. The van der Waals surface area contributed by atoms with Gasteiger partial charge in [0.15, 0.2) is 0 Å². The van der Waals surface area contributed by atoms with E-state index in [0.29, 0.717) is 6.54 Å². The predicted molar refractivity (Wildman–Crippen MR) is 104 cm³/mol. The minimum atomic E-state index is -3.98. The molecule has 27 heavy (non-hydrogen) atoms. The average molecular weight is 392 g/mol. The van der Waals surface area contributed by atoms with Gasteiger partial charge in [-0.1, -0.05) is 51.1 Å². The number of carbonyl (C=O) groups excluding carboxylic acids is 1. The second kappa shape index (κ2) is 9.10. The van der Waals surface area contributed by atoms with E-state index in [0.717, 1.165) is 22.0 Å². The lowest BCUT2D eigenvalue weighted by molar-refractivity contribution is 0.0951. The number of halogens is 1. The van der Waals surface area contributed by atoms with Crippen LogP contribution in [0.15, 0.2) is 53.4 Å². The van der Waals surface area contributed by atoms with Gasteiger partial charge in [-0.05, 0) is 29.7 Å². The van der Waals surface area contributed by atoms with Crippen molar-refractivity contribution in [3.05, 3.63) is 65.5 Å². The van der Waals surface area contributed by atoms with E-state index in [1.54, 1.807) is 13.8 Å². The molecule has 146 valence electrons. The molecule has 0 unspecified atom stereocenters. The van der Waals surface area contributed by atoms with Crippen molar-refractivity contribution in [3.8, 4) is 0 Å². The molecule has 1 N–H and O–H groups in total. The summed E-state index contributed by atoms with van der Waals surface area (Å²) in [6.07, 6.45) is 0. The molecular weight excluding hydrogens is 367 g/mol. The molecule has 7 heteroatoms. The molecule has 5 nitrogen and oxygen atoms in total. The maximum absolute atomic E-state index is 14.2. The van der Waals surface area contributed by atoms with Crippen molar-refractivity contribution in [1.29, 1.82) is 0 Å². The van der Waals surface area contributed by atoms with Gasteiger partial charge in [0.05, 0.1) is 0 Å². The minimum Gasteiger partial charge on any atom is -0.351 e. The molecule has 1 atom stereocenters. The number of carbonyl (C=O) groups is 1. The second-order valence-corrected chi connectivity index (χ2v) is 8.16. The van der Waals surface area contributed by atoms with Gasteiger partial charge < -0.3 is 5.32 Å². The zero-order valence-electron chi connectivity index (χ0n) is 15.8. The van der Waals surface area contributed by atoms with Crippen LogP contribution in [-0.2, 0) is 10.0 Å². The van der Waals surface area contributed by atoms with Gasteiger partial charge >= 0.3 is 0 Å². The summed E-state index contributed by atoms with van der Waals surface area (Å²) < 4.78 is 40.5. The number of nitrogens with one attached hydrogen (secondary N) is 1. The first-order valence-corrected chi connectivity index (χ1v) is 10.4. The van der Waals surface area contributed by atoms with Crippen LogP contribution in [0.2, 0.25) is 0 Å². The Kier molecular flexibility index (Phi) is 7.10. The lowest BCUT2D eigenvalue weighted by Crippen LogP contribution is -2.32. The second-order valence-electron chi connectivity index (χ2n) is 6.26. The molecule has 0 aliphatic rings. The summed E-state index contributed by atoms with van der Waals surface area (Å²) in [4.78, 5) is 12.0. The summed E-state index contributed by atoms with van der Waals surface area (Å²) in [6.45, 7) is 6.18. The van der Waals surface area contributed by atoms with Gasteiger partial charge in [-0.25, -0.2) is 12.8 Å². The van der Waals surface area contributed by atoms with Crippen LogP contribution in [0.5, 0.6) is 0 Å². The Bertz CT molecular complexity index is 881. The molecule has 2 aromatic carbocycles. The first-order valence-electron chi connectivity index (χ1n) is 8.94. The quantitative estimate of drug-likeness (QED) is 0.749. The molecule has 0 spiro atoms. The molecule has 0 saturated carbocycles. The van der Waals surface area contributed by atoms with Crippen molar-refractivity contribution in [2.75, 3.05) is 19.6 Å². The third kappa shape index (κ3) is 4.93. The van der Waals surface area contributed by atoms with Crippen molar-refractivity contribution in [2.24, 2.45) is 0 Å². The molecule has 0 aliphatic carbocycles. The van der Waals surface area contributed by atoms with Crippen LogP contribution < -0.4 is 5.32 Å². The summed E-state index contributed by atoms with van der Waals surface area (Å²) in [5, 5.41) is 2.78. The van der Waals surface area contributed by atoms with E-state index in [1.165, 1.54) is 6.07 Å². The van der Waals surface area contributed by atoms with E-state index >= 15 is 0 Å². The van der Waals surface area contributed by atoms with E-state index in [2.05, 4.69) is 5.32 Å². The van der Waals surface area contributed by atoms with E-state index in [-0.39, 0.29) is 24.6 Å². The van der Waals surface area contributed by atoms with Crippen LogP contribution in [0.4, 0.5) is 4.39 Å². The fraction of sp³-hybridized carbons (Fsp3) is 0.350. The number of nitrogens with zero attached hydrogens (tertiary/aromatic N) is 1. The number of rotatable bonds is 8. The number of hydrogen-bond acceptors (Lipinski definition) is 3. The normalized spacial score (nSPS) is 12.8. The Morgan fingerprint density at radius 1 is 1.11 bits per heavy atom. The smallest absolute Gasteiger partial charge is 0.251 e. The third-order valence-electron chi connectivity index (χ3n) is 4.45. The molecule has 0 aliphatic heterocycles. The Hall–Kier alpha value is -2.25. The Balaban J connectivity index is 2.18. The van der Waals surface area contributed by atoms with Crippen LogP contribution in [0.25, 0.3) is 0 Å². The third-order valence-corrected chi connectivity index (χ3v) is 6.52. The molecule has 0 saturated heterocycles. The number of sulfonamides is 1. The van der Waals surface area contributed by atoms with Crippen LogP contribution in [-0.4, -0.2) is 38.3 Å². The standard InChI is InChI=1S/C20H25FN2O3S/c1-4-23(5-2)27(25,26)19-13-17(11-12-18(19)21)20(24)22-14-15(3)16-9-7-6-8-10-16/h6-13,15H,4-5,14H2,1-3H3,(H,22,24)/t15-/m0/s1. The number of amides is 1. The largest absolute Gasteiger partial charge is 0.351 e. The van der Waals surface area contributed by atoms with E-state index < -0.39 is 26.6 Å². The lowest BCUT2D eigenvalue weighted by Gasteiger charge is -2.19. The predicted octanol–water partition coefficient (Wildman–Crippen LogP) is 3.39. The van der Waals surface area contributed by atoms with Crippen LogP contribution in [0.3, 0.4) is 0 Å². The zero-order valence-corrected chi connectivity index (χ0v) is 16.6.